The molecular formula is C12H16N3+. The molecule has 1 heterocycles. The van der Waals surface area contributed by atoms with Gasteiger partial charge in [-0.2, -0.15) is 0 Å². The molecule has 1 aromatic carbocycles. The Bertz CT molecular complexity index is 445. The minimum absolute atomic E-state index is 0.333. The van der Waals surface area contributed by atoms with Gasteiger partial charge in [0.15, 0.2) is 0 Å². The second-order valence-corrected chi connectivity index (χ2v) is 3.83. The van der Waals surface area contributed by atoms with E-state index in [2.05, 4.69) is 40.9 Å². The molecule has 0 aliphatic carbocycles. The number of aromatic nitrogens is 3. The highest BCUT2D eigenvalue weighted by atomic mass is 15.4. The minimum Gasteiger partial charge on any atom is -0.228 e. The molecule has 3 nitrogen and oxygen atoms in total. The van der Waals surface area contributed by atoms with Crippen LogP contribution in [0.3, 0.4) is 0 Å². The van der Waals surface area contributed by atoms with Gasteiger partial charge in [-0.05, 0) is 12.5 Å². The van der Waals surface area contributed by atoms with Crippen LogP contribution < -0.4 is 4.57 Å². The molecule has 0 spiro atoms. The van der Waals surface area contributed by atoms with E-state index < -0.39 is 0 Å². The summed E-state index contributed by atoms with van der Waals surface area (Å²) in [5.41, 5.74) is 1.30. The Morgan fingerprint density at radius 1 is 1.27 bits per heavy atom. The molecule has 3 heteroatoms. The first kappa shape index (κ1) is 9.90. The van der Waals surface area contributed by atoms with E-state index in [0.717, 1.165) is 5.82 Å². The van der Waals surface area contributed by atoms with E-state index in [-0.39, 0.29) is 0 Å². The number of hydrogen-bond acceptors (Lipinski definition) is 1. The minimum atomic E-state index is 0.333. The predicted octanol–water partition coefficient (Wildman–Crippen LogP) is 1.63. The summed E-state index contributed by atoms with van der Waals surface area (Å²) in [5, 5.41) is 4.34. The molecule has 15 heavy (non-hydrogen) atoms. The van der Waals surface area contributed by atoms with Crippen molar-refractivity contribution in [1.29, 1.82) is 0 Å². The van der Waals surface area contributed by atoms with Gasteiger partial charge in [-0.3, -0.25) is 0 Å². The Hall–Kier alpha value is -1.64. The van der Waals surface area contributed by atoms with Crippen molar-refractivity contribution in [3.05, 3.63) is 48.0 Å². The molecule has 0 bridgehead atoms. The van der Waals surface area contributed by atoms with E-state index >= 15 is 0 Å². The number of benzene rings is 1. The van der Waals surface area contributed by atoms with Gasteiger partial charge in [0.1, 0.15) is 6.04 Å². The monoisotopic (exact) mass is 202 g/mol. The van der Waals surface area contributed by atoms with Crippen LogP contribution in [0.15, 0.2) is 36.7 Å². The third-order valence-corrected chi connectivity index (χ3v) is 2.67. The second-order valence-electron chi connectivity index (χ2n) is 3.83. The fourth-order valence-electron chi connectivity index (χ4n) is 1.84. The Kier molecular flexibility index (Phi) is 2.54. The highest BCUT2D eigenvalue weighted by Crippen LogP contribution is 2.10. The fraction of sp³-hybridized carbons (Fsp3) is 0.333. The van der Waals surface area contributed by atoms with E-state index in [9.17, 15) is 0 Å². The number of aryl methyl sites for hydroxylation is 2. The van der Waals surface area contributed by atoms with Crippen LogP contribution >= 0.6 is 0 Å². The number of rotatable bonds is 2. The van der Waals surface area contributed by atoms with Crippen molar-refractivity contribution in [2.24, 2.45) is 7.05 Å². The van der Waals surface area contributed by atoms with Crippen molar-refractivity contribution in [2.75, 3.05) is 0 Å². The van der Waals surface area contributed by atoms with E-state index in [1.165, 1.54) is 5.56 Å². The predicted molar refractivity (Wildman–Crippen MR) is 58.4 cm³/mol. The standard InChI is InChI=1S/C12H16N3/c1-10(12-7-5-4-6-8-12)15-9-14(3)13-11(15)2/h4-10H,1-3H3/q+1/t10-/m1/s1. The van der Waals surface area contributed by atoms with Crippen LogP contribution in [0.2, 0.25) is 0 Å². The van der Waals surface area contributed by atoms with Crippen LogP contribution in [0, 0.1) is 6.92 Å². The summed E-state index contributed by atoms with van der Waals surface area (Å²) < 4.78 is 4.02. The largest absolute Gasteiger partial charge is 0.274 e. The van der Waals surface area contributed by atoms with Crippen molar-refractivity contribution in [3.63, 3.8) is 0 Å². The second kappa shape index (κ2) is 3.85. The molecule has 0 N–H and O–H groups in total. The highest BCUT2D eigenvalue weighted by molar-refractivity contribution is 5.16. The topological polar surface area (TPSA) is 21.7 Å². The lowest BCUT2D eigenvalue weighted by Crippen LogP contribution is -2.39. The summed E-state index contributed by atoms with van der Waals surface area (Å²) in [6.07, 6.45) is 2.02. The van der Waals surface area contributed by atoms with Crippen LogP contribution in [0.1, 0.15) is 24.4 Å². The Balaban J connectivity index is 2.36. The zero-order valence-electron chi connectivity index (χ0n) is 9.38. The van der Waals surface area contributed by atoms with Crippen LogP contribution in [-0.4, -0.2) is 9.78 Å². The van der Waals surface area contributed by atoms with Gasteiger partial charge in [0.05, 0.1) is 7.05 Å². The molecule has 78 valence electrons. The van der Waals surface area contributed by atoms with Crippen molar-refractivity contribution in [1.82, 2.24) is 9.78 Å². The Morgan fingerprint density at radius 2 is 1.93 bits per heavy atom. The maximum atomic E-state index is 4.34. The summed E-state index contributed by atoms with van der Waals surface area (Å²) in [7, 11) is 1.95. The van der Waals surface area contributed by atoms with Gasteiger partial charge in [-0.25, -0.2) is 4.57 Å². The first-order valence-corrected chi connectivity index (χ1v) is 5.15. The zero-order valence-corrected chi connectivity index (χ0v) is 9.38. The fourth-order valence-corrected chi connectivity index (χ4v) is 1.84. The van der Waals surface area contributed by atoms with Gasteiger partial charge in [0.25, 0.3) is 5.82 Å². The SMILES string of the molecule is Cc1nn(C)c[n+]1[C@H](C)c1ccccc1. The first-order chi connectivity index (χ1) is 7.18. The average Bonchev–Trinajstić information content (AvgIpc) is 2.58. The molecule has 1 aromatic heterocycles. The molecular weight excluding hydrogens is 186 g/mol. The van der Waals surface area contributed by atoms with Crippen LogP contribution in [-0.2, 0) is 7.05 Å². The smallest absolute Gasteiger partial charge is 0.228 e. The molecule has 0 radical (unpaired) electrons. The summed E-state index contributed by atoms with van der Waals surface area (Å²) >= 11 is 0. The third-order valence-electron chi connectivity index (χ3n) is 2.67. The maximum absolute atomic E-state index is 4.34. The molecule has 0 aliphatic rings. The molecule has 0 aliphatic heterocycles. The summed E-state index contributed by atoms with van der Waals surface area (Å²) in [6, 6.07) is 10.8. The van der Waals surface area contributed by atoms with Gasteiger partial charge < -0.3 is 0 Å². The summed E-state index contributed by atoms with van der Waals surface area (Å²) in [4.78, 5) is 0. The van der Waals surface area contributed by atoms with E-state index in [4.69, 9.17) is 0 Å². The molecule has 0 fully saturated rings. The van der Waals surface area contributed by atoms with Gasteiger partial charge in [-0.1, -0.05) is 30.3 Å². The highest BCUT2D eigenvalue weighted by Gasteiger charge is 2.17. The van der Waals surface area contributed by atoms with Gasteiger partial charge in [-0.15, -0.1) is 4.68 Å². The lowest BCUT2D eigenvalue weighted by molar-refractivity contribution is -0.716. The first-order valence-electron chi connectivity index (χ1n) is 5.15. The van der Waals surface area contributed by atoms with Crippen molar-refractivity contribution < 1.29 is 4.57 Å². The van der Waals surface area contributed by atoms with Gasteiger partial charge in [0, 0.05) is 12.0 Å². The van der Waals surface area contributed by atoms with Gasteiger partial charge in [0.2, 0.25) is 6.33 Å². The molecule has 0 saturated heterocycles. The van der Waals surface area contributed by atoms with Gasteiger partial charge >= 0.3 is 0 Å². The molecule has 0 saturated carbocycles. The number of hydrogen-bond donors (Lipinski definition) is 0. The van der Waals surface area contributed by atoms with Crippen molar-refractivity contribution in [2.45, 2.75) is 19.9 Å². The maximum Gasteiger partial charge on any atom is 0.274 e. The molecule has 2 rings (SSSR count). The normalized spacial score (nSPS) is 12.7. The van der Waals surface area contributed by atoms with Crippen molar-refractivity contribution >= 4 is 0 Å². The third kappa shape index (κ3) is 1.91. The molecule has 1 atom stereocenters. The molecule has 0 amide bonds. The molecule has 2 aromatic rings. The quantitative estimate of drug-likeness (QED) is 0.678. The van der Waals surface area contributed by atoms with Crippen LogP contribution in [0.4, 0.5) is 0 Å². The average molecular weight is 202 g/mol. The Morgan fingerprint density at radius 3 is 2.47 bits per heavy atom. The zero-order chi connectivity index (χ0) is 10.8. The van der Waals surface area contributed by atoms with Crippen LogP contribution in [0.5, 0.6) is 0 Å². The van der Waals surface area contributed by atoms with E-state index in [1.807, 2.05) is 31.0 Å². The van der Waals surface area contributed by atoms with E-state index in [0.29, 0.717) is 6.04 Å². The molecule has 0 unspecified atom stereocenters. The van der Waals surface area contributed by atoms with E-state index in [1.54, 1.807) is 0 Å². The van der Waals surface area contributed by atoms with Crippen LogP contribution in [0.25, 0.3) is 0 Å². The van der Waals surface area contributed by atoms with Crippen molar-refractivity contribution in [3.8, 4) is 0 Å². The summed E-state index contributed by atoms with van der Waals surface area (Å²) in [5.74, 6) is 1.04. The lowest BCUT2D eigenvalue weighted by atomic mass is 10.1. The summed E-state index contributed by atoms with van der Waals surface area (Å²) in [6.45, 7) is 4.21. The number of nitrogens with zero attached hydrogens (tertiary/aromatic N) is 3. The Labute approximate surface area is 90.0 Å². The lowest BCUT2D eigenvalue weighted by Gasteiger charge is -2.09.